The molecule has 1 amide bonds. The van der Waals surface area contributed by atoms with Gasteiger partial charge < -0.3 is 14.9 Å². The fraction of sp³-hybridized carbons (Fsp3) is 0.435. The molecule has 0 aliphatic carbocycles. The Morgan fingerprint density at radius 3 is 2.82 bits per heavy atom. The average molecular weight is 500 g/mol. The molecule has 2 saturated heterocycles. The zero-order chi connectivity index (χ0) is 24.0. The summed E-state index contributed by atoms with van der Waals surface area (Å²) in [5, 5.41) is 24.6. The molecule has 0 aromatic carbocycles. The number of aliphatic hydroxyl groups excluding tert-OH is 1. The van der Waals surface area contributed by atoms with E-state index in [1.165, 1.54) is 0 Å². The second kappa shape index (κ2) is 9.02. The number of aliphatic hydroxyl groups is 1. The summed E-state index contributed by atoms with van der Waals surface area (Å²) < 4.78 is 1.71. The lowest BCUT2D eigenvalue weighted by molar-refractivity contribution is 0.0600. The van der Waals surface area contributed by atoms with Gasteiger partial charge in [0.25, 0.3) is 5.91 Å². The number of rotatable bonds is 3. The van der Waals surface area contributed by atoms with Gasteiger partial charge in [-0.1, -0.05) is 23.2 Å². The third-order valence-electron chi connectivity index (χ3n) is 6.50. The molecule has 0 unspecified atom stereocenters. The van der Waals surface area contributed by atoms with Crippen molar-refractivity contribution in [3.63, 3.8) is 0 Å². The van der Waals surface area contributed by atoms with Gasteiger partial charge in [-0.2, -0.15) is 10.4 Å². The van der Waals surface area contributed by atoms with Gasteiger partial charge in [-0.15, -0.1) is 0 Å². The van der Waals surface area contributed by atoms with Crippen molar-refractivity contribution in [3.05, 3.63) is 51.5 Å². The van der Waals surface area contributed by atoms with Crippen LogP contribution in [0.25, 0.3) is 5.65 Å². The van der Waals surface area contributed by atoms with E-state index in [1.807, 2.05) is 24.1 Å². The molecule has 1 N–H and O–H groups in total. The molecule has 0 spiro atoms. The van der Waals surface area contributed by atoms with Crippen LogP contribution in [0.5, 0.6) is 0 Å². The van der Waals surface area contributed by atoms with Crippen LogP contribution in [0.4, 0.5) is 5.82 Å². The van der Waals surface area contributed by atoms with Crippen molar-refractivity contribution >= 4 is 40.6 Å². The second-order valence-corrected chi connectivity index (χ2v) is 9.60. The summed E-state index contributed by atoms with van der Waals surface area (Å²) in [5.74, 6) is 0.0153. The van der Waals surface area contributed by atoms with Crippen LogP contribution in [0.2, 0.25) is 10.2 Å². The van der Waals surface area contributed by atoms with Crippen molar-refractivity contribution in [3.8, 4) is 6.07 Å². The molecule has 3 atom stereocenters. The van der Waals surface area contributed by atoms with Crippen molar-refractivity contribution in [1.29, 1.82) is 5.26 Å². The zero-order valence-electron chi connectivity index (χ0n) is 18.5. The van der Waals surface area contributed by atoms with Crippen LogP contribution in [-0.2, 0) is 0 Å². The van der Waals surface area contributed by atoms with Gasteiger partial charge in [0.1, 0.15) is 16.7 Å². The molecule has 5 rings (SSSR count). The number of fused-ring (bicyclic) bond motifs is 1. The molecule has 176 valence electrons. The van der Waals surface area contributed by atoms with E-state index in [1.54, 1.807) is 21.5 Å². The highest BCUT2D eigenvalue weighted by Gasteiger charge is 2.34. The van der Waals surface area contributed by atoms with Crippen LogP contribution >= 0.6 is 23.2 Å². The van der Waals surface area contributed by atoms with Gasteiger partial charge >= 0.3 is 0 Å². The van der Waals surface area contributed by atoms with Gasteiger partial charge in [-0.3, -0.25) is 4.79 Å². The van der Waals surface area contributed by atoms with E-state index < -0.39 is 12.0 Å². The van der Waals surface area contributed by atoms with Gasteiger partial charge in [0.2, 0.25) is 0 Å². The number of carbonyl (C=O) groups excluding carboxylic acids is 1. The molecule has 2 aliphatic rings. The number of hydrogen-bond donors (Lipinski definition) is 1. The van der Waals surface area contributed by atoms with Gasteiger partial charge in [-0.05, 0) is 38.3 Å². The van der Waals surface area contributed by atoms with Crippen LogP contribution in [0, 0.1) is 24.2 Å². The zero-order valence-corrected chi connectivity index (χ0v) is 20.0. The maximum atomic E-state index is 13.4. The molecule has 2 aliphatic heterocycles. The standard InChI is InChI=1S/C23H23Cl2N7O2/c1-13-10-32-20(28-22(13)30-11-14(9-26)18(33)12-30)8-16(29-32)17-4-2-3-7-31(17)23(34)21-15(24)5-6-19(25)27-21/h5-6,8,10,14,17-18,33H,2-4,7,11-12H2,1H3/t14-,17+,18+/m1/s1. The molecule has 2 fully saturated rings. The van der Waals surface area contributed by atoms with Crippen LogP contribution in [-0.4, -0.2) is 61.2 Å². The third kappa shape index (κ3) is 4.06. The molecule has 3 aromatic rings. The number of nitrogens with zero attached hydrogens (tertiary/aromatic N) is 7. The van der Waals surface area contributed by atoms with Gasteiger partial charge in [-0.25, -0.2) is 14.5 Å². The molecule has 34 heavy (non-hydrogen) atoms. The number of nitriles is 1. The van der Waals surface area contributed by atoms with Crippen molar-refractivity contribution in [2.75, 3.05) is 24.5 Å². The first-order valence-corrected chi connectivity index (χ1v) is 11.9. The van der Waals surface area contributed by atoms with E-state index in [0.29, 0.717) is 25.3 Å². The number of pyridine rings is 1. The SMILES string of the molecule is Cc1cn2nc([C@@H]3CCCCN3C(=O)c3nc(Cl)ccc3Cl)cc2nc1N1C[C@@H](C#N)[C@@H](O)C1. The Balaban J connectivity index is 1.47. The Kier molecular flexibility index (Phi) is 6.06. The molecular formula is C23H23Cl2N7O2. The van der Waals surface area contributed by atoms with Gasteiger partial charge in [0, 0.05) is 37.5 Å². The summed E-state index contributed by atoms with van der Waals surface area (Å²) in [4.78, 5) is 26.0. The summed E-state index contributed by atoms with van der Waals surface area (Å²) in [7, 11) is 0. The summed E-state index contributed by atoms with van der Waals surface area (Å²) in [6.45, 7) is 3.29. The number of β-amino-alcohol motifs (C(OH)–C–C–N with tert-alkyl or cyclic N) is 1. The van der Waals surface area contributed by atoms with Crippen molar-refractivity contribution in [2.24, 2.45) is 5.92 Å². The van der Waals surface area contributed by atoms with Crippen molar-refractivity contribution in [1.82, 2.24) is 24.5 Å². The lowest BCUT2D eigenvalue weighted by Gasteiger charge is -2.34. The van der Waals surface area contributed by atoms with Crippen molar-refractivity contribution in [2.45, 2.75) is 38.3 Å². The highest BCUT2D eigenvalue weighted by atomic mass is 35.5. The number of hydrogen-bond acceptors (Lipinski definition) is 7. The predicted octanol–water partition coefficient (Wildman–Crippen LogP) is 3.43. The van der Waals surface area contributed by atoms with E-state index >= 15 is 0 Å². The largest absolute Gasteiger partial charge is 0.390 e. The predicted molar refractivity (Wildman–Crippen MR) is 127 cm³/mol. The van der Waals surface area contributed by atoms with Gasteiger partial charge in [0.05, 0.1) is 34.8 Å². The van der Waals surface area contributed by atoms with Crippen LogP contribution in [0.1, 0.15) is 47.1 Å². The van der Waals surface area contributed by atoms with E-state index in [4.69, 9.17) is 33.3 Å². The molecule has 9 nitrogen and oxygen atoms in total. The molecule has 3 aromatic heterocycles. The Labute approximate surface area is 206 Å². The minimum atomic E-state index is -0.698. The number of piperidine rings is 1. The van der Waals surface area contributed by atoms with E-state index in [9.17, 15) is 15.2 Å². The molecule has 11 heteroatoms. The number of amides is 1. The molecule has 0 bridgehead atoms. The number of aromatic nitrogens is 4. The Hall–Kier alpha value is -2.93. The topological polar surface area (TPSA) is 111 Å². The highest BCUT2D eigenvalue weighted by Crippen LogP contribution is 2.34. The number of carbonyl (C=O) groups is 1. The second-order valence-electron chi connectivity index (χ2n) is 8.80. The highest BCUT2D eigenvalue weighted by molar-refractivity contribution is 6.34. The Morgan fingerprint density at radius 2 is 2.06 bits per heavy atom. The maximum Gasteiger partial charge on any atom is 0.274 e. The summed E-state index contributed by atoms with van der Waals surface area (Å²) >= 11 is 12.3. The first-order valence-electron chi connectivity index (χ1n) is 11.2. The first-order chi connectivity index (χ1) is 16.4. The third-order valence-corrected chi connectivity index (χ3v) is 7.01. The summed E-state index contributed by atoms with van der Waals surface area (Å²) in [6.07, 6.45) is 3.81. The minimum absolute atomic E-state index is 0.140. The first kappa shape index (κ1) is 22.8. The number of aryl methyl sites for hydroxylation is 1. The molecular weight excluding hydrogens is 477 g/mol. The van der Waals surface area contributed by atoms with Crippen molar-refractivity contribution < 1.29 is 9.90 Å². The van der Waals surface area contributed by atoms with Crippen LogP contribution in [0.3, 0.4) is 0 Å². The Bertz CT molecular complexity index is 1300. The fourth-order valence-electron chi connectivity index (χ4n) is 4.78. The van der Waals surface area contributed by atoms with E-state index in [0.717, 1.165) is 36.3 Å². The van der Waals surface area contributed by atoms with Crippen LogP contribution in [0.15, 0.2) is 24.4 Å². The maximum absolute atomic E-state index is 13.4. The lowest BCUT2D eigenvalue weighted by Crippen LogP contribution is -2.39. The minimum Gasteiger partial charge on any atom is -0.390 e. The number of anilines is 1. The van der Waals surface area contributed by atoms with E-state index in [-0.39, 0.29) is 27.8 Å². The quantitative estimate of drug-likeness (QED) is 0.549. The fourth-order valence-corrected chi connectivity index (χ4v) is 5.11. The molecule has 0 saturated carbocycles. The summed E-state index contributed by atoms with van der Waals surface area (Å²) in [6, 6.07) is 6.94. The van der Waals surface area contributed by atoms with E-state index in [2.05, 4.69) is 11.1 Å². The normalized spacial score (nSPS) is 22.9. The smallest absolute Gasteiger partial charge is 0.274 e. The monoisotopic (exact) mass is 499 g/mol. The number of likely N-dealkylation sites (tertiary alicyclic amines) is 1. The van der Waals surface area contributed by atoms with Crippen LogP contribution < -0.4 is 4.90 Å². The Morgan fingerprint density at radius 1 is 1.24 bits per heavy atom. The number of halogens is 2. The molecule has 0 radical (unpaired) electrons. The summed E-state index contributed by atoms with van der Waals surface area (Å²) in [5.41, 5.74) is 2.41. The molecule has 5 heterocycles. The lowest BCUT2D eigenvalue weighted by atomic mass is 9.99. The average Bonchev–Trinajstić information content (AvgIpc) is 3.42. The van der Waals surface area contributed by atoms with Gasteiger partial charge in [0.15, 0.2) is 5.65 Å².